The van der Waals surface area contributed by atoms with E-state index in [-0.39, 0.29) is 6.04 Å². The first-order valence-electron chi connectivity index (χ1n) is 6.99. The molecule has 1 aromatic heterocycles. The largest absolute Gasteiger partial charge is 0.310 e. The predicted octanol–water partition coefficient (Wildman–Crippen LogP) is 4.29. The third kappa shape index (κ3) is 4.16. The molecule has 0 saturated carbocycles. The Kier molecular flexibility index (Phi) is 5.57. The summed E-state index contributed by atoms with van der Waals surface area (Å²) in [5.41, 5.74) is 4.09. The molecule has 2 aromatic rings. The molecule has 112 valence electrons. The molecule has 0 fully saturated rings. The lowest BCUT2D eigenvalue weighted by Crippen LogP contribution is -2.24. The first-order chi connectivity index (χ1) is 10.0. The average molecular weight is 324 g/mol. The van der Waals surface area contributed by atoms with E-state index in [0.29, 0.717) is 10.0 Å². The number of nitrogens with one attached hydrogen (secondary N) is 1. The van der Waals surface area contributed by atoms with E-state index < -0.39 is 0 Å². The number of hydrogen-bond acceptors (Lipinski definition) is 3. The van der Waals surface area contributed by atoms with Crippen molar-refractivity contribution in [1.82, 2.24) is 15.5 Å². The summed E-state index contributed by atoms with van der Waals surface area (Å²) in [6.45, 7) is 6.90. The Balaban J connectivity index is 2.32. The highest BCUT2D eigenvalue weighted by Crippen LogP contribution is 2.27. The maximum atomic E-state index is 6.29. The molecule has 1 aromatic carbocycles. The van der Waals surface area contributed by atoms with E-state index in [1.165, 1.54) is 0 Å². The van der Waals surface area contributed by atoms with Crippen LogP contribution in [0.1, 0.15) is 35.5 Å². The van der Waals surface area contributed by atoms with Gasteiger partial charge in [-0.3, -0.25) is 0 Å². The minimum absolute atomic E-state index is 0.155. The van der Waals surface area contributed by atoms with Crippen molar-refractivity contribution in [2.24, 2.45) is 0 Å². The summed E-state index contributed by atoms with van der Waals surface area (Å²) >= 11 is 12.3. The lowest BCUT2D eigenvalue weighted by Gasteiger charge is -2.20. The summed E-state index contributed by atoms with van der Waals surface area (Å²) in [6.07, 6.45) is 0.788. The monoisotopic (exact) mass is 323 g/mol. The Bertz CT molecular complexity index is 629. The van der Waals surface area contributed by atoms with Crippen LogP contribution in [0.25, 0.3) is 0 Å². The van der Waals surface area contributed by atoms with Crippen LogP contribution < -0.4 is 5.32 Å². The van der Waals surface area contributed by atoms with Crippen molar-refractivity contribution in [1.29, 1.82) is 0 Å². The highest BCUT2D eigenvalue weighted by molar-refractivity contribution is 6.35. The van der Waals surface area contributed by atoms with Gasteiger partial charge in [-0.2, -0.15) is 10.2 Å². The summed E-state index contributed by atoms with van der Waals surface area (Å²) < 4.78 is 0. The van der Waals surface area contributed by atoms with Gasteiger partial charge >= 0.3 is 0 Å². The molecule has 2 rings (SSSR count). The van der Waals surface area contributed by atoms with Gasteiger partial charge in [-0.05, 0) is 56.1 Å². The van der Waals surface area contributed by atoms with Crippen LogP contribution in [0.5, 0.6) is 0 Å². The van der Waals surface area contributed by atoms with Crippen molar-refractivity contribution in [2.75, 3.05) is 6.54 Å². The summed E-state index contributed by atoms with van der Waals surface area (Å²) in [5, 5.41) is 13.2. The number of halogens is 2. The molecule has 0 radical (unpaired) electrons. The van der Waals surface area contributed by atoms with Crippen molar-refractivity contribution < 1.29 is 0 Å². The molecule has 3 nitrogen and oxygen atoms in total. The van der Waals surface area contributed by atoms with Crippen LogP contribution >= 0.6 is 23.2 Å². The van der Waals surface area contributed by atoms with Crippen molar-refractivity contribution in [3.63, 3.8) is 0 Å². The van der Waals surface area contributed by atoms with Gasteiger partial charge in [0.05, 0.1) is 11.4 Å². The Hall–Kier alpha value is -1.16. The molecule has 0 saturated heterocycles. The van der Waals surface area contributed by atoms with Gasteiger partial charge in [0.2, 0.25) is 0 Å². The minimum Gasteiger partial charge on any atom is -0.310 e. The molecule has 21 heavy (non-hydrogen) atoms. The number of rotatable bonds is 5. The fourth-order valence-corrected chi connectivity index (χ4v) is 2.85. The van der Waals surface area contributed by atoms with E-state index in [0.717, 1.165) is 35.5 Å². The Labute approximate surface area is 135 Å². The van der Waals surface area contributed by atoms with Crippen LogP contribution in [0, 0.1) is 13.8 Å². The topological polar surface area (TPSA) is 37.8 Å². The van der Waals surface area contributed by atoms with Crippen molar-refractivity contribution in [3.05, 3.63) is 56.8 Å². The Morgan fingerprint density at radius 1 is 1.14 bits per heavy atom. The fourth-order valence-electron chi connectivity index (χ4n) is 2.37. The van der Waals surface area contributed by atoms with Gasteiger partial charge < -0.3 is 5.32 Å². The van der Waals surface area contributed by atoms with E-state index in [2.05, 4.69) is 28.5 Å². The smallest absolute Gasteiger partial charge is 0.0648 e. The number of likely N-dealkylation sites (N-methyl/N-ethyl adjacent to an activating group) is 1. The van der Waals surface area contributed by atoms with Crippen molar-refractivity contribution in [3.8, 4) is 0 Å². The molecular weight excluding hydrogens is 305 g/mol. The van der Waals surface area contributed by atoms with E-state index in [1.54, 1.807) is 6.07 Å². The van der Waals surface area contributed by atoms with Gasteiger partial charge in [-0.25, -0.2) is 0 Å². The molecule has 0 spiro atoms. The molecule has 1 unspecified atom stereocenters. The molecule has 0 bridgehead atoms. The third-order valence-electron chi connectivity index (χ3n) is 3.40. The second-order valence-corrected chi connectivity index (χ2v) is 5.92. The van der Waals surface area contributed by atoms with Crippen molar-refractivity contribution >= 4 is 23.2 Å². The second kappa shape index (κ2) is 7.21. The van der Waals surface area contributed by atoms with E-state index in [1.807, 2.05) is 26.0 Å². The van der Waals surface area contributed by atoms with Crippen LogP contribution in [0.4, 0.5) is 0 Å². The standard InChI is InChI=1S/C16H19Cl2N3/c1-4-19-16(14-7-10(2)20-21-11(14)3)8-12-5-6-13(17)9-15(12)18/h5-7,9,16,19H,4,8H2,1-3H3. The van der Waals surface area contributed by atoms with Gasteiger partial charge in [0.15, 0.2) is 0 Å². The van der Waals surface area contributed by atoms with Gasteiger partial charge in [0.1, 0.15) is 0 Å². The van der Waals surface area contributed by atoms with Crippen LogP contribution in [0.2, 0.25) is 10.0 Å². The number of aromatic nitrogens is 2. The zero-order valence-electron chi connectivity index (χ0n) is 12.5. The third-order valence-corrected chi connectivity index (χ3v) is 3.99. The molecule has 0 amide bonds. The van der Waals surface area contributed by atoms with Crippen molar-refractivity contribution in [2.45, 2.75) is 33.2 Å². The summed E-state index contributed by atoms with van der Waals surface area (Å²) in [5.74, 6) is 0. The van der Waals surface area contributed by atoms with Gasteiger partial charge in [-0.15, -0.1) is 0 Å². The Morgan fingerprint density at radius 3 is 2.57 bits per heavy atom. The minimum atomic E-state index is 0.155. The SMILES string of the molecule is CCNC(Cc1ccc(Cl)cc1Cl)c1cc(C)nnc1C. The lowest BCUT2D eigenvalue weighted by molar-refractivity contribution is 0.542. The normalized spacial score (nSPS) is 12.4. The van der Waals surface area contributed by atoms with Gasteiger partial charge in [0, 0.05) is 16.1 Å². The van der Waals surface area contributed by atoms with E-state index in [9.17, 15) is 0 Å². The molecule has 1 N–H and O–H groups in total. The molecule has 0 aliphatic heterocycles. The fraction of sp³-hybridized carbons (Fsp3) is 0.375. The molecule has 0 aliphatic rings. The zero-order valence-corrected chi connectivity index (χ0v) is 14.0. The summed E-state index contributed by atoms with van der Waals surface area (Å²) in [4.78, 5) is 0. The van der Waals surface area contributed by atoms with E-state index >= 15 is 0 Å². The average Bonchev–Trinajstić information content (AvgIpc) is 2.44. The van der Waals surface area contributed by atoms with Gasteiger partial charge in [-0.1, -0.05) is 36.2 Å². The maximum Gasteiger partial charge on any atom is 0.0648 e. The molecular formula is C16H19Cl2N3. The summed E-state index contributed by atoms with van der Waals surface area (Å²) in [7, 11) is 0. The van der Waals surface area contributed by atoms with Gasteiger partial charge in [0.25, 0.3) is 0 Å². The second-order valence-electron chi connectivity index (χ2n) is 5.08. The number of nitrogens with zero attached hydrogens (tertiary/aromatic N) is 2. The molecule has 0 aliphatic carbocycles. The van der Waals surface area contributed by atoms with Crippen LogP contribution in [0.15, 0.2) is 24.3 Å². The zero-order chi connectivity index (χ0) is 15.4. The molecule has 1 heterocycles. The highest BCUT2D eigenvalue weighted by atomic mass is 35.5. The first kappa shape index (κ1) is 16.2. The predicted molar refractivity (Wildman–Crippen MR) is 88.1 cm³/mol. The first-order valence-corrected chi connectivity index (χ1v) is 7.75. The Morgan fingerprint density at radius 2 is 1.90 bits per heavy atom. The van der Waals surface area contributed by atoms with E-state index in [4.69, 9.17) is 23.2 Å². The quantitative estimate of drug-likeness (QED) is 0.891. The van der Waals surface area contributed by atoms with Crippen LogP contribution in [-0.4, -0.2) is 16.7 Å². The maximum absolute atomic E-state index is 6.29. The molecule has 5 heteroatoms. The summed E-state index contributed by atoms with van der Waals surface area (Å²) in [6, 6.07) is 7.87. The number of benzene rings is 1. The molecule has 1 atom stereocenters. The lowest BCUT2D eigenvalue weighted by atomic mass is 9.97. The van der Waals surface area contributed by atoms with Crippen LogP contribution in [0.3, 0.4) is 0 Å². The highest BCUT2D eigenvalue weighted by Gasteiger charge is 2.16. The number of hydrogen-bond donors (Lipinski definition) is 1. The number of aryl methyl sites for hydroxylation is 2. The van der Waals surface area contributed by atoms with Crippen LogP contribution in [-0.2, 0) is 6.42 Å².